The van der Waals surface area contributed by atoms with Crippen molar-refractivity contribution in [2.24, 2.45) is 0 Å². The van der Waals surface area contributed by atoms with Gasteiger partial charge in [0.25, 0.3) is 5.91 Å². The molecule has 0 atom stereocenters. The van der Waals surface area contributed by atoms with Gasteiger partial charge in [0, 0.05) is 43.8 Å². The molecule has 0 saturated carbocycles. The van der Waals surface area contributed by atoms with Crippen LogP contribution < -0.4 is 15.0 Å². The van der Waals surface area contributed by atoms with Crippen molar-refractivity contribution in [2.75, 3.05) is 43.5 Å². The summed E-state index contributed by atoms with van der Waals surface area (Å²) in [5.41, 5.74) is 4.56. The van der Waals surface area contributed by atoms with Gasteiger partial charge < -0.3 is 19.9 Å². The van der Waals surface area contributed by atoms with Crippen LogP contribution in [-0.2, 0) is 4.79 Å². The quantitative estimate of drug-likeness (QED) is 0.580. The second-order valence-electron chi connectivity index (χ2n) is 7.08. The first-order valence-electron chi connectivity index (χ1n) is 9.64. The van der Waals surface area contributed by atoms with Crippen LogP contribution in [0.3, 0.4) is 0 Å². The summed E-state index contributed by atoms with van der Waals surface area (Å²) < 4.78 is 5.11. The van der Waals surface area contributed by atoms with E-state index in [1.807, 2.05) is 11.0 Å². The molecule has 0 unspecified atom stereocenters. The summed E-state index contributed by atoms with van der Waals surface area (Å²) >= 11 is 0. The molecule has 3 rings (SSSR count). The number of piperazine rings is 1. The van der Waals surface area contributed by atoms with Crippen molar-refractivity contribution >= 4 is 29.7 Å². The van der Waals surface area contributed by atoms with Crippen LogP contribution in [0.25, 0.3) is 0 Å². The molecule has 7 heteroatoms. The van der Waals surface area contributed by atoms with Gasteiger partial charge in [0.15, 0.2) is 0 Å². The van der Waals surface area contributed by atoms with E-state index in [1.54, 1.807) is 37.6 Å². The van der Waals surface area contributed by atoms with Crippen molar-refractivity contribution in [1.29, 1.82) is 5.26 Å². The lowest BCUT2D eigenvalue weighted by atomic mass is 10.1. The lowest BCUT2D eigenvalue weighted by Crippen LogP contribution is -2.44. The zero-order chi connectivity index (χ0) is 20.8. The number of ether oxygens (including phenoxy) is 1. The molecule has 2 aromatic rings. The molecule has 158 valence electrons. The molecule has 1 fully saturated rings. The Morgan fingerprint density at radius 3 is 2.37 bits per heavy atom. The molecule has 1 aliphatic heterocycles. The molecule has 1 saturated heterocycles. The number of hydrogen-bond acceptors (Lipinski definition) is 5. The first kappa shape index (κ1) is 23.1. The molecule has 0 spiro atoms. The van der Waals surface area contributed by atoms with E-state index in [0.717, 1.165) is 26.2 Å². The van der Waals surface area contributed by atoms with Crippen LogP contribution in [0.4, 0.5) is 11.4 Å². The summed E-state index contributed by atoms with van der Waals surface area (Å²) in [5, 5.41) is 12.2. The van der Waals surface area contributed by atoms with Crippen LogP contribution in [0.1, 0.15) is 11.1 Å². The number of carbonyl (C=O) groups excluding carboxylic acids is 1. The number of aryl methyl sites for hydroxylation is 1. The summed E-state index contributed by atoms with van der Waals surface area (Å²) in [4.78, 5) is 16.9. The van der Waals surface area contributed by atoms with Gasteiger partial charge in [0.2, 0.25) is 0 Å². The van der Waals surface area contributed by atoms with Crippen LogP contribution >= 0.6 is 12.4 Å². The highest BCUT2D eigenvalue weighted by molar-refractivity contribution is 6.06. The standard InChI is InChI=1S/C23H26N4O2.ClH/c1-17-5-4-6-22(18(17)2)27-13-11-26(12-14-27)16-19(15-24)23(28)25-20-7-9-21(29-3)10-8-20;/h4-10,16H,11-14H2,1-3H3,(H,25,28);1H/b19-16-;. The number of halogens is 1. The van der Waals surface area contributed by atoms with Gasteiger partial charge in [-0.15, -0.1) is 12.4 Å². The van der Waals surface area contributed by atoms with Crippen molar-refractivity contribution < 1.29 is 9.53 Å². The number of hydrogen-bond donors (Lipinski definition) is 1. The lowest BCUT2D eigenvalue weighted by molar-refractivity contribution is -0.112. The Morgan fingerprint density at radius 2 is 1.77 bits per heavy atom. The topological polar surface area (TPSA) is 68.6 Å². The van der Waals surface area contributed by atoms with Crippen LogP contribution in [0, 0.1) is 25.2 Å². The molecule has 0 aromatic heterocycles. The van der Waals surface area contributed by atoms with Gasteiger partial charge in [-0.3, -0.25) is 4.79 Å². The van der Waals surface area contributed by atoms with E-state index in [-0.39, 0.29) is 18.0 Å². The fraction of sp³-hybridized carbons (Fsp3) is 0.304. The van der Waals surface area contributed by atoms with Crippen LogP contribution in [0.5, 0.6) is 5.75 Å². The minimum absolute atomic E-state index is 0. The molecule has 2 aromatic carbocycles. The second-order valence-corrected chi connectivity index (χ2v) is 7.08. The van der Waals surface area contributed by atoms with Gasteiger partial charge in [-0.25, -0.2) is 0 Å². The van der Waals surface area contributed by atoms with E-state index in [0.29, 0.717) is 11.4 Å². The van der Waals surface area contributed by atoms with Crippen LogP contribution in [-0.4, -0.2) is 44.1 Å². The second kappa shape index (κ2) is 10.6. The predicted octanol–water partition coefficient (Wildman–Crippen LogP) is 3.90. The van der Waals surface area contributed by atoms with Crippen molar-refractivity contribution in [3.05, 3.63) is 65.4 Å². The van der Waals surface area contributed by atoms with Crippen LogP contribution in [0.15, 0.2) is 54.2 Å². The number of rotatable bonds is 5. The number of carbonyl (C=O) groups is 1. The third-order valence-electron chi connectivity index (χ3n) is 5.26. The number of nitrogens with zero attached hydrogens (tertiary/aromatic N) is 3. The molecule has 1 N–H and O–H groups in total. The molecule has 0 radical (unpaired) electrons. The number of nitriles is 1. The highest BCUT2D eigenvalue weighted by Gasteiger charge is 2.19. The molecule has 0 aliphatic carbocycles. The molecule has 1 heterocycles. The largest absolute Gasteiger partial charge is 0.497 e. The SMILES string of the molecule is COc1ccc(NC(=O)/C(C#N)=C\N2CCN(c3cccc(C)c3C)CC2)cc1.Cl. The zero-order valence-electron chi connectivity index (χ0n) is 17.5. The fourth-order valence-corrected chi connectivity index (χ4v) is 3.36. The monoisotopic (exact) mass is 426 g/mol. The molecular formula is C23H27ClN4O2. The third-order valence-corrected chi connectivity index (χ3v) is 5.26. The summed E-state index contributed by atoms with van der Waals surface area (Å²) in [6.45, 7) is 7.48. The van der Waals surface area contributed by atoms with E-state index in [1.165, 1.54) is 16.8 Å². The Bertz CT molecular complexity index is 943. The van der Waals surface area contributed by atoms with E-state index < -0.39 is 5.91 Å². The highest BCUT2D eigenvalue weighted by atomic mass is 35.5. The number of benzene rings is 2. The average molecular weight is 427 g/mol. The maximum Gasteiger partial charge on any atom is 0.267 e. The zero-order valence-corrected chi connectivity index (χ0v) is 18.3. The summed E-state index contributed by atoms with van der Waals surface area (Å²) in [6.07, 6.45) is 1.67. The maximum atomic E-state index is 12.5. The summed E-state index contributed by atoms with van der Waals surface area (Å²) in [7, 11) is 1.59. The van der Waals surface area contributed by atoms with E-state index >= 15 is 0 Å². The Labute approximate surface area is 184 Å². The van der Waals surface area contributed by atoms with Crippen molar-refractivity contribution in [3.8, 4) is 11.8 Å². The minimum Gasteiger partial charge on any atom is -0.497 e. The van der Waals surface area contributed by atoms with E-state index in [9.17, 15) is 10.1 Å². The van der Waals surface area contributed by atoms with Gasteiger partial charge in [-0.05, 0) is 55.3 Å². The minimum atomic E-state index is -0.408. The maximum absolute atomic E-state index is 12.5. The lowest BCUT2D eigenvalue weighted by Gasteiger charge is -2.36. The Morgan fingerprint density at radius 1 is 1.10 bits per heavy atom. The number of anilines is 2. The normalized spacial score (nSPS) is 13.9. The Kier molecular flexibility index (Phi) is 8.14. The smallest absolute Gasteiger partial charge is 0.267 e. The van der Waals surface area contributed by atoms with Crippen molar-refractivity contribution in [3.63, 3.8) is 0 Å². The summed E-state index contributed by atoms with van der Waals surface area (Å²) in [6, 6.07) is 15.4. The fourth-order valence-electron chi connectivity index (χ4n) is 3.36. The van der Waals surface area contributed by atoms with Gasteiger partial charge in [0.1, 0.15) is 17.4 Å². The first-order chi connectivity index (χ1) is 14.0. The van der Waals surface area contributed by atoms with Gasteiger partial charge in [0.05, 0.1) is 7.11 Å². The van der Waals surface area contributed by atoms with E-state index in [4.69, 9.17) is 4.74 Å². The van der Waals surface area contributed by atoms with Crippen molar-refractivity contribution in [1.82, 2.24) is 4.90 Å². The molecule has 6 nitrogen and oxygen atoms in total. The highest BCUT2D eigenvalue weighted by Crippen LogP contribution is 2.24. The molecule has 1 amide bonds. The van der Waals surface area contributed by atoms with Gasteiger partial charge in [-0.2, -0.15) is 5.26 Å². The Balaban J connectivity index is 0.00000320. The number of amides is 1. The molecule has 1 aliphatic rings. The predicted molar refractivity (Wildman–Crippen MR) is 122 cm³/mol. The van der Waals surface area contributed by atoms with Gasteiger partial charge >= 0.3 is 0 Å². The first-order valence-corrected chi connectivity index (χ1v) is 9.64. The number of methoxy groups -OCH3 is 1. The van der Waals surface area contributed by atoms with Gasteiger partial charge in [-0.1, -0.05) is 12.1 Å². The van der Waals surface area contributed by atoms with E-state index in [2.05, 4.69) is 42.3 Å². The number of nitrogens with one attached hydrogen (secondary N) is 1. The van der Waals surface area contributed by atoms with Crippen LogP contribution in [0.2, 0.25) is 0 Å². The summed E-state index contributed by atoms with van der Waals surface area (Å²) in [5.74, 6) is 0.301. The molecule has 30 heavy (non-hydrogen) atoms. The molecular weight excluding hydrogens is 400 g/mol. The average Bonchev–Trinajstić information content (AvgIpc) is 2.75. The molecule has 0 bridgehead atoms. The third kappa shape index (κ3) is 5.46. The van der Waals surface area contributed by atoms with Crippen molar-refractivity contribution in [2.45, 2.75) is 13.8 Å². The Hall–Kier alpha value is -3.17.